The Labute approximate surface area is 108 Å². The van der Waals surface area contributed by atoms with Gasteiger partial charge in [-0.25, -0.2) is 0 Å². The second-order valence-electron chi connectivity index (χ2n) is 5.07. The summed E-state index contributed by atoms with van der Waals surface area (Å²) < 4.78 is 5.23. The van der Waals surface area contributed by atoms with Gasteiger partial charge in [-0.2, -0.15) is 0 Å². The van der Waals surface area contributed by atoms with Crippen molar-refractivity contribution in [3.63, 3.8) is 0 Å². The van der Waals surface area contributed by atoms with Crippen LogP contribution in [0.15, 0.2) is 22.8 Å². The second kappa shape index (κ2) is 6.05. The Morgan fingerprint density at radius 2 is 2.50 bits per heavy atom. The van der Waals surface area contributed by atoms with Crippen molar-refractivity contribution in [3.05, 3.63) is 24.2 Å². The molecule has 1 fully saturated rings. The summed E-state index contributed by atoms with van der Waals surface area (Å²) in [6.45, 7) is 4.44. The minimum absolute atomic E-state index is 0.160. The number of hydrogen-bond acceptors (Lipinski definition) is 3. The standard InChI is InChI=1S/C14H22N2O2/c1-2-6-14(7-4-8-15-11-14)13(17)16-10-12-5-3-9-18-12/h3,5,9,15H,2,4,6-8,10-11H2,1H3,(H,16,17). The van der Waals surface area contributed by atoms with Gasteiger partial charge < -0.3 is 15.1 Å². The van der Waals surface area contributed by atoms with E-state index in [1.54, 1.807) is 6.26 Å². The Bertz CT molecular complexity index is 362. The molecule has 1 aromatic rings. The topological polar surface area (TPSA) is 54.3 Å². The van der Waals surface area contributed by atoms with E-state index in [0.717, 1.165) is 44.5 Å². The van der Waals surface area contributed by atoms with Crippen LogP contribution in [0.4, 0.5) is 0 Å². The highest BCUT2D eigenvalue weighted by atomic mass is 16.3. The predicted molar refractivity (Wildman–Crippen MR) is 70.0 cm³/mol. The molecule has 1 atom stereocenters. The van der Waals surface area contributed by atoms with Crippen molar-refractivity contribution < 1.29 is 9.21 Å². The number of rotatable bonds is 5. The average molecular weight is 250 g/mol. The maximum absolute atomic E-state index is 12.4. The number of furan rings is 1. The van der Waals surface area contributed by atoms with Crippen molar-refractivity contribution in [2.24, 2.45) is 5.41 Å². The molecule has 1 unspecified atom stereocenters. The van der Waals surface area contributed by atoms with Crippen molar-refractivity contribution >= 4 is 5.91 Å². The highest BCUT2D eigenvalue weighted by Gasteiger charge is 2.38. The smallest absolute Gasteiger partial charge is 0.227 e. The van der Waals surface area contributed by atoms with Gasteiger partial charge in [0, 0.05) is 6.54 Å². The summed E-state index contributed by atoms with van der Waals surface area (Å²) in [5.74, 6) is 0.965. The molecule has 1 aliphatic rings. The first kappa shape index (κ1) is 13.1. The van der Waals surface area contributed by atoms with Crippen LogP contribution in [0.5, 0.6) is 0 Å². The molecule has 0 radical (unpaired) electrons. The third-order valence-electron chi connectivity index (χ3n) is 3.69. The fraction of sp³-hybridized carbons (Fsp3) is 0.643. The zero-order valence-electron chi connectivity index (χ0n) is 11.0. The Morgan fingerprint density at radius 1 is 1.61 bits per heavy atom. The van der Waals surface area contributed by atoms with Gasteiger partial charge in [0.05, 0.1) is 18.2 Å². The quantitative estimate of drug-likeness (QED) is 0.841. The van der Waals surface area contributed by atoms with E-state index in [1.165, 1.54) is 0 Å². The first-order chi connectivity index (χ1) is 8.77. The molecular weight excluding hydrogens is 228 g/mol. The van der Waals surface area contributed by atoms with E-state index in [4.69, 9.17) is 4.42 Å². The van der Waals surface area contributed by atoms with Crippen LogP contribution in [-0.4, -0.2) is 19.0 Å². The molecule has 4 nitrogen and oxygen atoms in total. The minimum Gasteiger partial charge on any atom is -0.467 e. The van der Waals surface area contributed by atoms with Crippen molar-refractivity contribution in [1.82, 2.24) is 10.6 Å². The third-order valence-corrected chi connectivity index (χ3v) is 3.69. The lowest BCUT2D eigenvalue weighted by molar-refractivity contribution is -0.132. The largest absolute Gasteiger partial charge is 0.467 e. The summed E-state index contributed by atoms with van der Waals surface area (Å²) in [5.41, 5.74) is -0.223. The molecule has 2 heterocycles. The molecule has 18 heavy (non-hydrogen) atoms. The summed E-state index contributed by atoms with van der Waals surface area (Å²) in [5, 5.41) is 6.36. The number of carbonyl (C=O) groups is 1. The zero-order chi connectivity index (χ0) is 12.8. The van der Waals surface area contributed by atoms with Gasteiger partial charge in [-0.15, -0.1) is 0 Å². The molecule has 0 spiro atoms. The van der Waals surface area contributed by atoms with Crippen LogP contribution in [0, 0.1) is 5.41 Å². The van der Waals surface area contributed by atoms with Crippen LogP contribution in [0.25, 0.3) is 0 Å². The summed E-state index contributed by atoms with van der Waals surface area (Å²) in [4.78, 5) is 12.4. The summed E-state index contributed by atoms with van der Waals surface area (Å²) in [6.07, 6.45) is 5.68. The maximum Gasteiger partial charge on any atom is 0.227 e. The molecule has 0 bridgehead atoms. The normalized spacial score (nSPS) is 23.8. The van der Waals surface area contributed by atoms with Gasteiger partial charge in [0.1, 0.15) is 5.76 Å². The lowest BCUT2D eigenvalue weighted by atomic mass is 9.76. The van der Waals surface area contributed by atoms with Crippen LogP contribution in [0.1, 0.15) is 38.4 Å². The van der Waals surface area contributed by atoms with E-state index in [0.29, 0.717) is 6.54 Å². The van der Waals surface area contributed by atoms with E-state index >= 15 is 0 Å². The first-order valence-electron chi connectivity index (χ1n) is 6.78. The maximum atomic E-state index is 12.4. The molecule has 2 N–H and O–H groups in total. The monoisotopic (exact) mass is 250 g/mol. The summed E-state index contributed by atoms with van der Waals surface area (Å²) >= 11 is 0. The van der Waals surface area contributed by atoms with E-state index in [-0.39, 0.29) is 11.3 Å². The fourth-order valence-corrected chi connectivity index (χ4v) is 2.74. The molecule has 0 saturated carbocycles. The van der Waals surface area contributed by atoms with Gasteiger partial charge in [0.2, 0.25) is 5.91 Å². The number of hydrogen-bond donors (Lipinski definition) is 2. The SMILES string of the molecule is CCCC1(C(=O)NCc2ccco2)CCCNC1. The molecule has 100 valence electrons. The van der Waals surface area contributed by atoms with E-state index < -0.39 is 0 Å². The van der Waals surface area contributed by atoms with Gasteiger partial charge in [0.25, 0.3) is 0 Å². The van der Waals surface area contributed by atoms with Crippen molar-refractivity contribution in [2.45, 2.75) is 39.2 Å². The van der Waals surface area contributed by atoms with E-state index in [9.17, 15) is 4.79 Å². The molecule has 1 aliphatic heterocycles. The van der Waals surface area contributed by atoms with Crippen LogP contribution in [0.3, 0.4) is 0 Å². The van der Waals surface area contributed by atoms with Gasteiger partial charge in [-0.1, -0.05) is 13.3 Å². The van der Waals surface area contributed by atoms with Gasteiger partial charge in [0.15, 0.2) is 0 Å². The number of piperidine rings is 1. The zero-order valence-corrected chi connectivity index (χ0v) is 11.0. The van der Waals surface area contributed by atoms with Crippen LogP contribution in [0.2, 0.25) is 0 Å². The summed E-state index contributed by atoms with van der Waals surface area (Å²) in [6, 6.07) is 3.72. The highest BCUT2D eigenvalue weighted by Crippen LogP contribution is 2.31. The van der Waals surface area contributed by atoms with Crippen molar-refractivity contribution in [2.75, 3.05) is 13.1 Å². The Balaban J connectivity index is 1.95. The third kappa shape index (κ3) is 2.93. The Kier molecular flexibility index (Phi) is 4.42. The molecule has 1 saturated heterocycles. The molecule has 0 aliphatic carbocycles. The van der Waals surface area contributed by atoms with E-state index in [1.807, 2.05) is 12.1 Å². The Morgan fingerprint density at radius 3 is 3.11 bits per heavy atom. The number of carbonyl (C=O) groups excluding carboxylic acids is 1. The molecule has 1 amide bonds. The lowest BCUT2D eigenvalue weighted by Gasteiger charge is -2.36. The first-order valence-corrected chi connectivity index (χ1v) is 6.78. The molecule has 0 aromatic carbocycles. The van der Waals surface area contributed by atoms with Gasteiger partial charge in [-0.05, 0) is 37.9 Å². The minimum atomic E-state index is -0.223. The van der Waals surface area contributed by atoms with Crippen LogP contribution < -0.4 is 10.6 Å². The molecule has 2 rings (SSSR count). The molecular formula is C14H22N2O2. The van der Waals surface area contributed by atoms with Crippen molar-refractivity contribution in [3.8, 4) is 0 Å². The predicted octanol–water partition coefficient (Wildman–Crippen LogP) is 2.07. The van der Waals surface area contributed by atoms with Crippen LogP contribution >= 0.6 is 0 Å². The van der Waals surface area contributed by atoms with Crippen LogP contribution in [-0.2, 0) is 11.3 Å². The number of nitrogens with one attached hydrogen (secondary N) is 2. The second-order valence-corrected chi connectivity index (χ2v) is 5.07. The lowest BCUT2D eigenvalue weighted by Crippen LogP contribution is -2.50. The average Bonchev–Trinajstić information content (AvgIpc) is 2.90. The fourth-order valence-electron chi connectivity index (χ4n) is 2.74. The Hall–Kier alpha value is -1.29. The summed E-state index contributed by atoms with van der Waals surface area (Å²) in [7, 11) is 0. The molecule has 1 aromatic heterocycles. The molecule has 4 heteroatoms. The van der Waals surface area contributed by atoms with Gasteiger partial charge in [-0.3, -0.25) is 4.79 Å². The van der Waals surface area contributed by atoms with Gasteiger partial charge >= 0.3 is 0 Å². The van der Waals surface area contributed by atoms with Crippen molar-refractivity contribution in [1.29, 1.82) is 0 Å². The van der Waals surface area contributed by atoms with E-state index in [2.05, 4.69) is 17.6 Å². The number of amides is 1. The highest BCUT2D eigenvalue weighted by molar-refractivity contribution is 5.83.